The summed E-state index contributed by atoms with van der Waals surface area (Å²) in [4.78, 5) is 0. The minimum absolute atomic E-state index is 0.106. The van der Waals surface area contributed by atoms with Gasteiger partial charge in [-0.15, -0.1) is 0 Å². The van der Waals surface area contributed by atoms with Crippen molar-refractivity contribution in [2.45, 2.75) is 31.3 Å². The molecule has 5 rings (SSSR count). The summed E-state index contributed by atoms with van der Waals surface area (Å²) >= 11 is 0. The first-order chi connectivity index (χ1) is 16.8. The van der Waals surface area contributed by atoms with E-state index in [1.165, 1.54) is 29.1 Å². The Hall–Kier alpha value is -3.47. The third-order valence-electron chi connectivity index (χ3n) is 6.41. The number of hydrogen-bond donors (Lipinski definition) is 3. The second kappa shape index (κ2) is 8.63. The lowest BCUT2D eigenvalue weighted by Gasteiger charge is -2.39. The number of nitrogens with zero attached hydrogens (tertiary/aromatic N) is 4. The first-order valence-corrected chi connectivity index (χ1v) is 11.1. The summed E-state index contributed by atoms with van der Waals surface area (Å²) in [5.41, 5.74) is -0.248. The number of rotatable bonds is 6. The SMILES string of the molecule is OCCn1cc(C2=CC(c3cnn(CCO)c3)=C3CC(=C2)C(O)(C(F)(F)F)c2ccccc23)cn1. The Kier molecular flexibility index (Phi) is 5.74. The monoisotopic (exact) mass is 484 g/mol. The molecule has 0 aliphatic heterocycles. The van der Waals surface area contributed by atoms with Crippen LogP contribution in [0.1, 0.15) is 28.7 Å². The average Bonchev–Trinajstić information content (AvgIpc) is 3.44. The van der Waals surface area contributed by atoms with E-state index in [4.69, 9.17) is 0 Å². The van der Waals surface area contributed by atoms with Gasteiger partial charge < -0.3 is 15.3 Å². The van der Waals surface area contributed by atoms with Crippen LogP contribution in [0.15, 0.2) is 66.8 Å². The van der Waals surface area contributed by atoms with Gasteiger partial charge in [0.1, 0.15) is 0 Å². The van der Waals surface area contributed by atoms with Crippen LogP contribution in [-0.2, 0) is 18.7 Å². The fourth-order valence-corrected chi connectivity index (χ4v) is 4.74. The van der Waals surface area contributed by atoms with Gasteiger partial charge in [-0.2, -0.15) is 23.4 Å². The lowest BCUT2D eigenvalue weighted by molar-refractivity contribution is -0.251. The topological polar surface area (TPSA) is 96.3 Å². The summed E-state index contributed by atoms with van der Waals surface area (Å²) in [5.74, 6) is 0. The number of aliphatic hydroxyl groups excluding tert-OH is 2. The van der Waals surface area contributed by atoms with Gasteiger partial charge in [0.05, 0.1) is 38.7 Å². The van der Waals surface area contributed by atoms with Crippen LogP contribution in [0.4, 0.5) is 13.2 Å². The minimum Gasteiger partial charge on any atom is -0.394 e. The summed E-state index contributed by atoms with van der Waals surface area (Å²) in [6.07, 6.45) is 4.62. The number of hydrogen-bond acceptors (Lipinski definition) is 5. The second-order valence-electron chi connectivity index (χ2n) is 8.52. The van der Waals surface area contributed by atoms with E-state index >= 15 is 0 Å². The number of alkyl halides is 3. The lowest BCUT2D eigenvalue weighted by Crippen LogP contribution is -2.46. The predicted molar refractivity (Wildman–Crippen MR) is 123 cm³/mol. The van der Waals surface area contributed by atoms with Crippen LogP contribution >= 0.6 is 0 Å². The number of fused-ring (bicyclic) bond motifs is 4. The molecule has 1 atom stereocenters. The molecule has 0 fully saturated rings. The maximum absolute atomic E-state index is 14.5. The lowest BCUT2D eigenvalue weighted by atomic mass is 9.71. The molecule has 1 unspecified atom stereocenters. The molecular weight excluding hydrogens is 461 g/mol. The Morgan fingerprint density at radius 1 is 0.914 bits per heavy atom. The highest BCUT2D eigenvalue weighted by atomic mass is 19.4. The molecule has 0 amide bonds. The fraction of sp³-hybridized carbons (Fsp3) is 0.280. The Morgan fingerprint density at radius 2 is 1.54 bits per heavy atom. The van der Waals surface area contributed by atoms with Gasteiger partial charge in [-0.3, -0.25) is 9.36 Å². The summed E-state index contributed by atoms with van der Waals surface area (Å²) < 4.78 is 46.4. The molecule has 3 aromatic rings. The van der Waals surface area contributed by atoms with Gasteiger partial charge in [-0.25, -0.2) is 0 Å². The van der Waals surface area contributed by atoms with E-state index in [0.29, 0.717) is 33.4 Å². The van der Waals surface area contributed by atoms with Crippen molar-refractivity contribution in [1.82, 2.24) is 19.6 Å². The molecule has 10 heteroatoms. The van der Waals surface area contributed by atoms with E-state index in [9.17, 15) is 28.5 Å². The third-order valence-corrected chi connectivity index (χ3v) is 6.41. The van der Waals surface area contributed by atoms with Gasteiger partial charge >= 0.3 is 6.18 Å². The molecule has 35 heavy (non-hydrogen) atoms. The normalized spacial score (nSPS) is 19.8. The maximum atomic E-state index is 14.5. The van der Waals surface area contributed by atoms with E-state index in [1.54, 1.807) is 41.5 Å². The van der Waals surface area contributed by atoms with Crippen molar-refractivity contribution in [1.29, 1.82) is 0 Å². The molecule has 2 aliphatic rings. The average molecular weight is 484 g/mol. The molecule has 2 aromatic heterocycles. The molecule has 0 saturated heterocycles. The van der Waals surface area contributed by atoms with Crippen molar-refractivity contribution in [3.05, 3.63) is 89.0 Å². The molecular formula is C25H23F3N4O3. The van der Waals surface area contributed by atoms with Crippen molar-refractivity contribution >= 4 is 16.7 Å². The molecule has 0 radical (unpaired) electrons. The zero-order chi connectivity index (χ0) is 24.8. The standard InChI is InChI=1S/C25H23F3N4O3/c26-25(27,28)24(35)19-9-16(17-12-29-31(14-17)5-7-33)10-21(18-13-30-32(15-18)6-8-34)22(11-19)20-3-1-2-4-23(20)24/h1-4,9-10,12-15,33-35H,5-8,11H2. The first-order valence-electron chi connectivity index (χ1n) is 11.1. The van der Waals surface area contributed by atoms with E-state index < -0.39 is 11.8 Å². The highest BCUT2D eigenvalue weighted by Crippen LogP contribution is 2.55. The molecule has 0 saturated carbocycles. The molecule has 3 N–H and O–H groups in total. The summed E-state index contributed by atoms with van der Waals surface area (Å²) in [6, 6.07) is 6.04. The van der Waals surface area contributed by atoms with E-state index in [0.717, 1.165) is 0 Å². The smallest absolute Gasteiger partial charge is 0.394 e. The minimum atomic E-state index is -4.94. The highest BCUT2D eigenvalue weighted by Gasteiger charge is 2.60. The molecule has 0 spiro atoms. The third kappa shape index (κ3) is 3.83. The molecule has 7 nitrogen and oxygen atoms in total. The van der Waals surface area contributed by atoms with Crippen LogP contribution in [0.5, 0.6) is 0 Å². The Bertz CT molecular complexity index is 1370. The Morgan fingerprint density at radius 3 is 2.20 bits per heavy atom. The number of allylic oxidation sites excluding steroid dienone is 5. The van der Waals surface area contributed by atoms with Gasteiger partial charge in [0.2, 0.25) is 5.60 Å². The number of benzene rings is 1. The van der Waals surface area contributed by atoms with Gasteiger partial charge in [0, 0.05) is 29.1 Å². The summed E-state index contributed by atoms with van der Waals surface area (Å²) in [7, 11) is 0. The Labute approximate surface area is 198 Å². The molecule has 1 aromatic carbocycles. The zero-order valence-electron chi connectivity index (χ0n) is 18.6. The van der Waals surface area contributed by atoms with Gasteiger partial charge in [-0.05, 0) is 40.4 Å². The number of halogens is 3. The van der Waals surface area contributed by atoms with Crippen LogP contribution in [0.25, 0.3) is 16.7 Å². The maximum Gasteiger partial charge on any atom is 0.425 e. The van der Waals surface area contributed by atoms with Crippen molar-refractivity contribution in [3.63, 3.8) is 0 Å². The second-order valence-corrected chi connectivity index (χ2v) is 8.52. The fourth-order valence-electron chi connectivity index (χ4n) is 4.74. The van der Waals surface area contributed by atoms with Crippen molar-refractivity contribution in [3.8, 4) is 0 Å². The Balaban J connectivity index is 1.79. The van der Waals surface area contributed by atoms with E-state index in [1.807, 2.05) is 0 Å². The van der Waals surface area contributed by atoms with Gasteiger partial charge in [0.25, 0.3) is 0 Å². The predicted octanol–water partition coefficient (Wildman–Crippen LogP) is 3.15. The number of aromatic nitrogens is 4. The summed E-state index contributed by atoms with van der Waals surface area (Å²) in [5, 5.41) is 38.2. The zero-order valence-corrected chi connectivity index (χ0v) is 18.6. The van der Waals surface area contributed by atoms with Crippen LogP contribution in [-0.4, -0.2) is 54.3 Å². The molecule has 2 heterocycles. The molecule has 2 bridgehead atoms. The van der Waals surface area contributed by atoms with Crippen molar-refractivity contribution in [2.24, 2.45) is 0 Å². The highest BCUT2D eigenvalue weighted by molar-refractivity contribution is 6.03. The van der Waals surface area contributed by atoms with Crippen LogP contribution in [0, 0.1) is 0 Å². The largest absolute Gasteiger partial charge is 0.425 e. The quantitative estimate of drug-likeness (QED) is 0.500. The van der Waals surface area contributed by atoms with Crippen LogP contribution in [0.3, 0.4) is 0 Å². The number of aliphatic hydroxyl groups is 3. The first kappa shape index (κ1) is 23.3. The van der Waals surface area contributed by atoms with E-state index in [-0.39, 0.29) is 43.9 Å². The van der Waals surface area contributed by atoms with Crippen LogP contribution < -0.4 is 0 Å². The van der Waals surface area contributed by atoms with Gasteiger partial charge in [0.15, 0.2) is 0 Å². The van der Waals surface area contributed by atoms with Crippen molar-refractivity contribution in [2.75, 3.05) is 13.2 Å². The molecule has 2 aliphatic carbocycles. The summed E-state index contributed by atoms with van der Waals surface area (Å²) in [6.45, 7) is 0.278. The molecule has 182 valence electrons. The van der Waals surface area contributed by atoms with Crippen LogP contribution in [0.2, 0.25) is 0 Å². The van der Waals surface area contributed by atoms with Gasteiger partial charge in [-0.1, -0.05) is 30.3 Å². The van der Waals surface area contributed by atoms with Crippen molar-refractivity contribution < 1.29 is 28.5 Å². The van der Waals surface area contributed by atoms with E-state index in [2.05, 4.69) is 10.2 Å².